The molecule has 0 saturated heterocycles. The minimum atomic E-state index is -0.414. The van der Waals surface area contributed by atoms with E-state index in [2.05, 4.69) is 111 Å². The van der Waals surface area contributed by atoms with Crippen molar-refractivity contribution < 1.29 is 9.47 Å². The maximum Gasteiger partial charge on any atom is 0.210 e. The summed E-state index contributed by atoms with van der Waals surface area (Å²) < 4.78 is 13.1. The van der Waals surface area contributed by atoms with Gasteiger partial charge in [0.2, 0.25) is 6.29 Å². The van der Waals surface area contributed by atoms with Crippen molar-refractivity contribution in [1.29, 1.82) is 0 Å². The summed E-state index contributed by atoms with van der Waals surface area (Å²) in [5, 5.41) is 0. The first-order valence-corrected chi connectivity index (χ1v) is 12.3. The van der Waals surface area contributed by atoms with Crippen LogP contribution in [0.2, 0.25) is 0 Å². The van der Waals surface area contributed by atoms with Crippen molar-refractivity contribution in [2.75, 3.05) is 6.61 Å². The molecule has 2 nitrogen and oxygen atoms in total. The zero-order valence-electron chi connectivity index (χ0n) is 20.0. The second-order valence-electron chi connectivity index (χ2n) is 9.12. The third-order valence-electron chi connectivity index (χ3n) is 6.98. The Morgan fingerprint density at radius 2 is 1.29 bits per heavy atom. The Kier molecular flexibility index (Phi) is 6.78. The van der Waals surface area contributed by atoms with Crippen LogP contribution < -0.4 is 4.74 Å². The van der Waals surface area contributed by atoms with Crippen LogP contribution >= 0.6 is 0 Å². The van der Waals surface area contributed by atoms with E-state index in [1.165, 1.54) is 33.4 Å². The van der Waals surface area contributed by atoms with Crippen molar-refractivity contribution in [3.8, 4) is 16.9 Å². The highest BCUT2D eigenvalue weighted by Gasteiger charge is 2.36. The second-order valence-corrected chi connectivity index (χ2v) is 9.12. The monoisotopic (exact) mass is 448 g/mol. The maximum absolute atomic E-state index is 6.60. The van der Waals surface area contributed by atoms with Crippen LogP contribution in [0.15, 0.2) is 103 Å². The van der Waals surface area contributed by atoms with Crippen molar-refractivity contribution in [1.82, 2.24) is 0 Å². The highest BCUT2D eigenvalue weighted by atomic mass is 16.7. The smallest absolute Gasteiger partial charge is 0.210 e. The van der Waals surface area contributed by atoms with Crippen molar-refractivity contribution in [2.45, 2.75) is 44.8 Å². The average molecular weight is 449 g/mol. The van der Waals surface area contributed by atoms with Crippen LogP contribution in [-0.4, -0.2) is 12.9 Å². The number of fused-ring (bicyclic) bond motifs is 3. The lowest BCUT2D eigenvalue weighted by atomic mass is 9.96. The number of hydrogen-bond acceptors (Lipinski definition) is 2. The topological polar surface area (TPSA) is 18.5 Å². The molecule has 0 heterocycles. The zero-order valence-corrected chi connectivity index (χ0v) is 20.0. The van der Waals surface area contributed by atoms with Gasteiger partial charge in [0.1, 0.15) is 5.75 Å². The van der Waals surface area contributed by atoms with Gasteiger partial charge in [-0.15, -0.1) is 0 Å². The van der Waals surface area contributed by atoms with E-state index < -0.39 is 6.29 Å². The quantitative estimate of drug-likeness (QED) is 0.242. The molecule has 2 unspecified atom stereocenters. The Hall–Kier alpha value is -3.36. The molecule has 1 aliphatic rings. The number of rotatable bonds is 9. The van der Waals surface area contributed by atoms with Crippen LogP contribution in [0.1, 0.15) is 54.4 Å². The van der Waals surface area contributed by atoms with Crippen LogP contribution in [0.4, 0.5) is 0 Å². The fourth-order valence-electron chi connectivity index (χ4n) is 4.87. The fourth-order valence-corrected chi connectivity index (χ4v) is 4.87. The first-order valence-electron chi connectivity index (χ1n) is 12.3. The summed E-state index contributed by atoms with van der Waals surface area (Å²) in [6, 6.07) is 36.3. The third kappa shape index (κ3) is 4.64. The summed E-state index contributed by atoms with van der Waals surface area (Å²) >= 11 is 0. The molecule has 0 spiro atoms. The Balaban J connectivity index is 1.44. The van der Waals surface area contributed by atoms with Crippen LogP contribution in [-0.2, 0) is 11.2 Å². The van der Waals surface area contributed by atoms with E-state index in [0.29, 0.717) is 12.5 Å². The van der Waals surface area contributed by atoms with Crippen molar-refractivity contribution >= 4 is 0 Å². The van der Waals surface area contributed by atoms with E-state index in [9.17, 15) is 0 Å². The van der Waals surface area contributed by atoms with Gasteiger partial charge in [-0.1, -0.05) is 105 Å². The molecule has 2 heteroatoms. The summed E-state index contributed by atoms with van der Waals surface area (Å²) in [5.41, 5.74) is 7.69. The molecular weight excluding hydrogens is 416 g/mol. The number of hydrogen-bond donors (Lipinski definition) is 0. The van der Waals surface area contributed by atoms with Gasteiger partial charge in [-0.05, 0) is 64.3 Å². The van der Waals surface area contributed by atoms with E-state index >= 15 is 0 Å². The van der Waals surface area contributed by atoms with Crippen molar-refractivity contribution in [3.63, 3.8) is 0 Å². The minimum absolute atomic E-state index is 0.0254. The largest absolute Gasteiger partial charge is 0.464 e. The standard InChI is InChI=1S/C32H32O2/c1-3-23(2)25-17-19-26(20-18-25)34-32(33-22-21-24-11-5-4-6-12-24)31-29-15-9-7-13-27(29)28-14-8-10-16-30(28)31/h4-20,23,31-32H,3,21-22H2,1-2H3. The molecule has 4 aromatic carbocycles. The molecule has 34 heavy (non-hydrogen) atoms. The second kappa shape index (κ2) is 10.3. The first kappa shape index (κ1) is 22.4. The first-order chi connectivity index (χ1) is 16.7. The molecule has 5 rings (SSSR count). The lowest BCUT2D eigenvalue weighted by molar-refractivity contribution is -0.0878. The molecule has 0 amide bonds. The van der Waals surface area contributed by atoms with Gasteiger partial charge >= 0.3 is 0 Å². The van der Waals surface area contributed by atoms with Crippen molar-refractivity contribution in [3.05, 3.63) is 125 Å². The van der Waals surface area contributed by atoms with Gasteiger partial charge in [0.15, 0.2) is 0 Å². The van der Waals surface area contributed by atoms with Gasteiger partial charge in [-0.3, -0.25) is 0 Å². The van der Waals surface area contributed by atoms with Crippen molar-refractivity contribution in [2.24, 2.45) is 0 Å². The van der Waals surface area contributed by atoms with Gasteiger partial charge < -0.3 is 9.47 Å². The van der Waals surface area contributed by atoms with Gasteiger partial charge in [0, 0.05) is 0 Å². The summed E-state index contributed by atoms with van der Waals surface area (Å²) in [6.07, 6.45) is 1.56. The molecule has 4 aromatic rings. The third-order valence-corrected chi connectivity index (χ3v) is 6.98. The Morgan fingerprint density at radius 3 is 1.91 bits per heavy atom. The molecule has 0 N–H and O–H groups in total. The predicted molar refractivity (Wildman–Crippen MR) is 139 cm³/mol. The minimum Gasteiger partial charge on any atom is -0.464 e. The maximum atomic E-state index is 6.60. The molecule has 0 aliphatic heterocycles. The molecule has 0 saturated carbocycles. The van der Waals surface area contributed by atoms with Crippen LogP contribution in [0.5, 0.6) is 5.75 Å². The highest BCUT2D eigenvalue weighted by molar-refractivity contribution is 5.79. The molecule has 2 atom stereocenters. The molecule has 0 fully saturated rings. The molecule has 1 aliphatic carbocycles. The van der Waals surface area contributed by atoms with E-state index in [0.717, 1.165) is 18.6 Å². The van der Waals surface area contributed by atoms with E-state index in [-0.39, 0.29) is 5.92 Å². The molecular formula is C32H32O2. The van der Waals surface area contributed by atoms with Crippen LogP contribution in [0.3, 0.4) is 0 Å². The molecule has 0 aromatic heterocycles. The fraction of sp³-hybridized carbons (Fsp3) is 0.250. The normalized spacial score (nSPS) is 14.3. The SMILES string of the molecule is CCC(C)c1ccc(OC(OCCc2ccccc2)C2c3ccccc3-c3ccccc32)cc1. The number of ether oxygens (including phenoxy) is 2. The summed E-state index contributed by atoms with van der Waals surface area (Å²) in [5.74, 6) is 1.41. The van der Waals surface area contributed by atoms with Gasteiger partial charge in [0.05, 0.1) is 12.5 Å². The summed E-state index contributed by atoms with van der Waals surface area (Å²) in [4.78, 5) is 0. The van der Waals surface area contributed by atoms with Crippen LogP contribution in [0.25, 0.3) is 11.1 Å². The Morgan fingerprint density at radius 1 is 0.706 bits per heavy atom. The molecule has 172 valence electrons. The average Bonchev–Trinajstić information content (AvgIpc) is 3.23. The lowest BCUT2D eigenvalue weighted by Crippen LogP contribution is -2.29. The number of benzene rings is 4. The van der Waals surface area contributed by atoms with E-state index in [1.807, 2.05) is 6.07 Å². The van der Waals surface area contributed by atoms with Gasteiger partial charge in [-0.25, -0.2) is 0 Å². The highest BCUT2D eigenvalue weighted by Crippen LogP contribution is 2.47. The van der Waals surface area contributed by atoms with Gasteiger partial charge in [0.25, 0.3) is 0 Å². The van der Waals surface area contributed by atoms with Gasteiger partial charge in [-0.2, -0.15) is 0 Å². The summed E-state index contributed by atoms with van der Waals surface area (Å²) in [6.45, 7) is 5.08. The predicted octanol–water partition coefficient (Wildman–Crippen LogP) is 7.98. The van der Waals surface area contributed by atoms with E-state index in [4.69, 9.17) is 9.47 Å². The lowest BCUT2D eigenvalue weighted by Gasteiger charge is -2.27. The molecule has 0 radical (unpaired) electrons. The molecule has 0 bridgehead atoms. The Bertz CT molecular complexity index is 1170. The van der Waals surface area contributed by atoms with Crippen LogP contribution in [0, 0.1) is 0 Å². The Labute approximate surface area is 203 Å². The zero-order chi connectivity index (χ0) is 23.3. The summed E-state index contributed by atoms with van der Waals surface area (Å²) in [7, 11) is 0. The van der Waals surface area contributed by atoms with E-state index in [1.54, 1.807) is 0 Å².